The minimum absolute atomic E-state index is 0.397. The largest absolute Gasteiger partial charge is 0.371 e. The number of piperazine rings is 2. The zero-order valence-corrected chi connectivity index (χ0v) is 81.7. The maximum absolute atomic E-state index is 13.7. The van der Waals surface area contributed by atoms with Crippen molar-refractivity contribution in [1.29, 1.82) is 0 Å². The van der Waals surface area contributed by atoms with Crippen LogP contribution in [0.4, 0.5) is 86.5 Å². The van der Waals surface area contributed by atoms with Gasteiger partial charge in [-0.25, -0.2) is 9.97 Å². The second-order valence-corrected chi connectivity index (χ2v) is 47.0. The van der Waals surface area contributed by atoms with Gasteiger partial charge in [-0.2, -0.15) is 19.9 Å². The number of hydrogen-bond donors (Lipinski definition) is 7. The predicted octanol–water partition coefficient (Wildman–Crippen LogP) is 18.9. The molecule has 0 radical (unpaired) electrons. The summed E-state index contributed by atoms with van der Waals surface area (Å²) in [6.07, 6.45) is 16.1. The van der Waals surface area contributed by atoms with Crippen LogP contribution in [-0.4, -0.2) is 259 Å². The third-order valence-electron chi connectivity index (χ3n) is 27.0. The van der Waals surface area contributed by atoms with Crippen molar-refractivity contribution in [3.05, 3.63) is 177 Å². The van der Waals surface area contributed by atoms with Gasteiger partial charge < -0.3 is 80.0 Å². The van der Waals surface area contributed by atoms with Crippen LogP contribution in [0.5, 0.6) is 0 Å². The first-order chi connectivity index (χ1) is 61.1. The highest BCUT2D eigenvalue weighted by Gasteiger charge is 2.33. The van der Waals surface area contributed by atoms with Gasteiger partial charge in [0.2, 0.25) is 17.8 Å². The number of para-hydroxylation sites is 2. The molecule has 0 aliphatic carbocycles. The van der Waals surface area contributed by atoms with Gasteiger partial charge >= 0.3 is 0 Å². The fraction of sp³-hybridized carbons (Fsp3) is 0.485. The second kappa shape index (κ2) is 42.5. The standard InChI is InChI=1S/C34H47N8OP.C32H45ClN7OP.C31H43ClN7OP/c1-6-44(43,7-2)31-11-9-8-10-28(31)36-33-27-12-15-35-32(27)38-34(39-33)37-29-22-25(4)30(23-24(29)3)42-16-13-26(14-17-42)41-20-18-40(5)19-21-41;1-5-42(41,6-2)30-11-8-7-10-29(30)35-31-27(33)23-34-32(37-31)36-28-13-12-26(22-24(28)3)40-18-14-25(15-19-40)39-17-9-16-38(4)20-21-39;1-21-8-7-9-26(29(21)41(5,6)40)34-30-25(32)20-33-31(36-30)35-27-18-23(3)28(19-22(27)2)39-12-10-24(11-13-39)38-16-14-37(4)15-17-38/h8-12,15,22-23,26H,6-7,13-14,16-21H2,1-5H3,(H3,35,36,37,38,39);7-8,10-13,22-23,25H,5-6,9,14-21H2,1-4H3,(H2,34,35,36,37);7-9,18-20,24H,10-17H2,1-6H3,(H2,33,34,35,36). The lowest BCUT2D eigenvalue weighted by Gasteiger charge is -2.43. The molecule has 25 nitrogen and oxygen atoms in total. The molecule has 6 fully saturated rings. The van der Waals surface area contributed by atoms with Crippen molar-refractivity contribution >= 4 is 158 Å². The van der Waals surface area contributed by atoms with Gasteiger partial charge in [-0.15, -0.1) is 0 Å². The van der Waals surface area contributed by atoms with Crippen LogP contribution in [0.15, 0.2) is 134 Å². The van der Waals surface area contributed by atoms with Gasteiger partial charge in [-0.3, -0.25) is 14.7 Å². The summed E-state index contributed by atoms with van der Waals surface area (Å²) in [4.78, 5) is 54.2. The minimum Gasteiger partial charge on any atom is -0.371 e. The van der Waals surface area contributed by atoms with Crippen molar-refractivity contribution in [1.82, 2.24) is 64.3 Å². The van der Waals surface area contributed by atoms with Crippen molar-refractivity contribution in [2.45, 2.75) is 132 Å². The van der Waals surface area contributed by atoms with Crippen LogP contribution < -0.4 is 62.5 Å². The number of nitrogens with zero attached hydrogens (tertiary/aromatic N) is 15. The number of fused-ring (bicyclic) bond motifs is 1. The van der Waals surface area contributed by atoms with Crippen LogP contribution in [0.3, 0.4) is 0 Å². The highest BCUT2D eigenvalue weighted by atomic mass is 35.5. The normalized spacial score (nSPS) is 17.5. The molecule has 30 heteroatoms. The fourth-order valence-corrected chi connectivity index (χ4v) is 25.1. The molecule has 6 saturated heterocycles. The Morgan fingerprint density at radius 2 is 0.795 bits per heavy atom. The number of nitrogens with one attached hydrogen (secondary N) is 7. The third kappa shape index (κ3) is 23.2. The molecular formula is C97H135Cl2N22O3P3. The molecule has 0 spiro atoms. The Hall–Kier alpha value is -8.67. The van der Waals surface area contributed by atoms with Crippen LogP contribution in [0.25, 0.3) is 11.0 Å². The zero-order valence-electron chi connectivity index (χ0n) is 77.5. The lowest BCUT2D eigenvalue weighted by molar-refractivity contribution is 0.0982. The van der Waals surface area contributed by atoms with Crippen LogP contribution in [0.1, 0.15) is 106 Å². The first kappa shape index (κ1) is 94.4. The zero-order chi connectivity index (χ0) is 89.8. The van der Waals surface area contributed by atoms with E-state index < -0.39 is 21.4 Å². The number of halogens is 2. The molecule has 0 bridgehead atoms. The number of aromatic amines is 1. The van der Waals surface area contributed by atoms with Gasteiger partial charge in [0, 0.05) is 204 Å². The molecule has 16 rings (SSSR count). The summed E-state index contributed by atoms with van der Waals surface area (Å²) in [5.41, 5.74) is 16.8. The van der Waals surface area contributed by atoms with Crippen molar-refractivity contribution in [2.75, 3.05) is 224 Å². The molecule has 6 aliphatic heterocycles. The Labute approximate surface area is 764 Å². The highest BCUT2D eigenvalue weighted by molar-refractivity contribution is 7.72. The lowest BCUT2D eigenvalue weighted by Crippen LogP contribution is -2.52. The molecule has 0 unspecified atom stereocenters. The monoisotopic (exact) mass is 1820 g/mol. The molecule has 680 valence electrons. The Kier molecular flexibility index (Phi) is 31.6. The maximum atomic E-state index is 13.7. The van der Waals surface area contributed by atoms with Crippen molar-refractivity contribution in [2.24, 2.45) is 0 Å². The molecule has 127 heavy (non-hydrogen) atoms. The molecule has 7 N–H and O–H groups in total. The molecule has 6 aliphatic rings. The van der Waals surface area contributed by atoms with E-state index in [0.29, 0.717) is 88.1 Å². The van der Waals surface area contributed by atoms with Crippen molar-refractivity contribution in [3.8, 4) is 0 Å². The average Bonchev–Trinajstić information content (AvgIpc) is 1.74. The summed E-state index contributed by atoms with van der Waals surface area (Å²) < 4.78 is 40.2. The Bertz CT molecular complexity index is 5560. The summed E-state index contributed by atoms with van der Waals surface area (Å²) in [6.45, 7) is 45.1. The van der Waals surface area contributed by atoms with Gasteiger partial charge in [0.15, 0.2) is 11.6 Å². The summed E-state index contributed by atoms with van der Waals surface area (Å²) in [5, 5.41) is 24.6. The van der Waals surface area contributed by atoms with E-state index in [4.69, 9.17) is 33.2 Å². The van der Waals surface area contributed by atoms with E-state index in [2.05, 4.69) is 199 Å². The number of H-pyrrole nitrogens is 1. The average molecular weight is 1820 g/mol. The summed E-state index contributed by atoms with van der Waals surface area (Å²) in [6, 6.07) is 41.1. The van der Waals surface area contributed by atoms with Gasteiger partial charge in [0.25, 0.3) is 0 Å². The molecule has 0 amide bonds. The van der Waals surface area contributed by atoms with E-state index in [1.54, 1.807) is 25.7 Å². The Morgan fingerprint density at radius 3 is 1.27 bits per heavy atom. The molecule has 10 aromatic rings. The number of benzene rings is 6. The number of anilines is 15. The number of aryl methyl sites for hydroxylation is 6. The molecule has 0 atom stereocenters. The van der Waals surface area contributed by atoms with E-state index in [0.717, 1.165) is 123 Å². The van der Waals surface area contributed by atoms with Crippen LogP contribution in [-0.2, 0) is 13.7 Å². The SMILES string of the molecule is CCP(=O)(CC)c1ccccc1Nc1nc(Nc2cc(C)c(N3CCC(N4CCN(C)CC4)CC3)cc2C)nc2[nH]ccc12.CCP(=O)(CC)c1ccccc1Nc1nc(Nc2ccc(N3CCC(N4CCCN(C)CC4)CC3)cc2C)ncc1Cl.Cc1cc(N2CCC(N3CCN(C)CC3)CC2)c(C)cc1Nc1ncc(Cl)c(Nc2cccc(C)c2P(C)(C)=O)n1. The van der Waals surface area contributed by atoms with Crippen LogP contribution in [0, 0.1) is 41.5 Å². The topological polar surface area (TPSA) is 246 Å². The van der Waals surface area contributed by atoms with Crippen LogP contribution in [0.2, 0.25) is 10.0 Å². The smallest absolute Gasteiger partial charge is 0.231 e. The summed E-state index contributed by atoms with van der Waals surface area (Å²) in [7, 11) is -0.844. The molecule has 4 aromatic heterocycles. The first-order valence-corrected chi connectivity index (χ1v) is 53.5. The fourth-order valence-electron chi connectivity index (χ4n) is 19.1. The Balaban J connectivity index is 0.000000154. The second-order valence-electron chi connectivity index (χ2n) is 36.0. The molecule has 0 saturated carbocycles. The number of rotatable bonds is 25. The third-order valence-corrected chi connectivity index (χ3v) is 35.9. The maximum Gasteiger partial charge on any atom is 0.231 e. The van der Waals surface area contributed by atoms with Gasteiger partial charge in [-0.05, 0) is 246 Å². The number of aromatic nitrogens is 7. The van der Waals surface area contributed by atoms with E-state index >= 15 is 0 Å². The van der Waals surface area contributed by atoms with Gasteiger partial charge in [-0.1, -0.05) is 87.3 Å². The molecule has 10 heterocycles. The van der Waals surface area contributed by atoms with Gasteiger partial charge in [0.05, 0.1) is 34.8 Å². The predicted molar refractivity (Wildman–Crippen MR) is 538 cm³/mol. The first-order valence-electron chi connectivity index (χ1n) is 45.9. The van der Waals surface area contributed by atoms with E-state index in [1.165, 1.54) is 152 Å². The van der Waals surface area contributed by atoms with E-state index in [-0.39, 0.29) is 0 Å². The Morgan fingerprint density at radius 1 is 0.386 bits per heavy atom. The van der Waals surface area contributed by atoms with Crippen molar-refractivity contribution in [3.63, 3.8) is 0 Å². The summed E-state index contributed by atoms with van der Waals surface area (Å²) in [5.74, 6) is 3.04. The number of piperidine rings is 3. The van der Waals surface area contributed by atoms with E-state index in [1.807, 2.05) is 114 Å². The van der Waals surface area contributed by atoms with Gasteiger partial charge in [0.1, 0.15) is 42.9 Å². The number of hydrogen-bond acceptors (Lipinski definition) is 24. The quantitative estimate of drug-likeness (QED) is 0.0263. The number of likely N-dealkylation sites (N-methyl/N-ethyl adjacent to an activating group) is 3. The molecular weight excluding hydrogens is 1690 g/mol. The highest BCUT2D eigenvalue weighted by Crippen LogP contribution is 2.48. The minimum atomic E-state index is -2.53. The molecule has 6 aromatic carbocycles. The van der Waals surface area contributed by atoms with E-state index in [9.17, 15) is 13.7 Å². The van der Waals surface area contributed by atoms with Crippen molar-refractivity contribution < 1.29 is 13.7 Å². The summed E-state index contributed by atoms with van der Waals surface area (Å²) >= 11 is 13.0. The lowest BCUT2D eigenvalue weighted by atomic mass is 9.99. The van der Waals surface area contributed by atoms with Crippen LogP contribution >= 0.6 is 44.6 Å².